The molecule has 0 aromatic carbocycles. The summed E-state index contributed by atoms with van der Waals surface area (Å²) in [6.45, 7) is 0. The third kappa shape index (κ3) is 3.15. The van der Waals surface area contributed by atoms with Crippen LogP contribution in [0, 0.1) is 0 Å². The highest BCUT2D eigenvalue weighted by atomic mass is 35.5. The molecule has 7 heteroatoms. The van der Waals surface area contributed by atoms with Crippen LogP contribution in [0.25, 0.3) is 0 Å². The molecule has 2 aromatic rings. The Morgan fingerprint density at radius 2 is 2.00 bits per heavy atom. The van der Waals surface area contributed by atoms with Crippen LogP contribution in [0.1, 0.15) is 10.4 Å². The minimum atomic E-state index is -1.05. The second-order valence-electron chi connectivity index (χ2n) is 2.96. The first-order chi connectivity index (χ1) is 8.15. The van der Waals surface area contributed by atoms with E-state index in [4.69, 9.17) is 16.7 Å². The van der Waals surface area contributed by atoms with Crippen molar-refractivity contribution in [1.29, 1.82) is 0 Å². The zero-order valence-electron chi connectivity index (χ0n) is 8.37. The zero-order valence-corrected chi connectivity index (χ0v) is 9.94. The topological polar surface area (TPSA) is 76.0 Å². The van der Waals surface area contributed by atoms with Crippen LogP contribution in [0.2, 0.25) is 5.15 Å². The van der Waals surface area contributed by atoms with Crippen molar-refractivity contribution in [1.82, 2.24) is 15.0 Å². The van der Waals surface area contributed by atoms with Gasteiger partial charge in [0.15, 0.2) is 5.16 Å². The molecule has 0 amide bonds. The minimum Gasteiger partial charge on any atom is -0.478 e. The van der Waals surface area contributed by atoms with Crippen molar-refractivity contribution in [3.05, 3.63) is 41.3 Å². The second-order valence-corrected chi connectivity index (χ2v) is 4.33. The fourth-order valence-corrected chi connectivity index (χ4v) is 2.08. The molecule has 0 unspecified atom stereocenters. The molecule has 2 heterocycles. The van der Waals surface area contributed by atoms with Gasteiger partial charge in [-0.1, -0.05) is 11.6 Å². The molecule has 2 aromatic heterocycles. The van der Waals surface area contributed by atoms with Gasteiger partial charge in [0.05, 0.1) is 5.56 Å². The lowest BCUT2D eigenvalue weighted by molar-refractivity contribution is 0.0696. The van der Waals surface area contributed by atoms with E-state index in [2.05, 4.69) is 15.0 Å². The van der Waals surface area contributed by atoms with Crippen LogP contribution in [0.5, 0.6) is 0 Å². The number of aromatic carboxylic acids is 1. The monoisotopic (exact) mass is 267 g/mol. The third-order valence-corrected chi connectivity index (χ3v) is 2.76. The molecule has 0 aliphatic rings. The van der Waals surface area contributed by atoms with Crippen LogP contribution in [-0.4, -0.2) is 26.0 Å². The Labute approximate surface area is 106 Å². The molecule has 0 spiro atoms. The smallest absolute Gasteiger partial charge is 0.335 e. The molecule has 2 rings (SSSR count). The molecule has 5 nitrogen and oxygen atoms in total. The van der Waals surface area contributed by atoms with Crippen molar-refractivity contribution >= 4 is 29.3 Å². The predicted molar refractivity (Wildman–Crippen MR) is 62.4 cm³/mol. The van der Waals surface area contributed by atoms with Crippen LogP contribution in [-0.2, 0) is 0 Å². The lowest BCUT2D eigenvalue weighted by Crippen LogP contribution is -1.98. The molecular formula is C10H6ClN3O2S. The quantitative estimate of drug-likeness (QED) is 0.680. The molecule has 0 fully saturated rings. The maximum atomic E-state index is 10.8. The summed E-state index contributed by atoms with van der Waals surface area (Å²) in [6.07, 6.45) is 3.19. The van der Waals surface area contributed by atoms with Gasteiger partial charge in [0, 0.05) is 12.4 Å². The average molecular weight is 268 g/mol. The highest BCUT2D eigenvalue weighted by Gasteiger charge is 2.09. The van der Waals surface area contributed by atoms with E-state index in [9.17, 15) is 4.79 Å². The van der Waals surface area contributed by atoms with E-state index in [0.29, 0.717) is 10.2 Å². The fraction of sp³-hybridized carbons (Fsp3) is 0. The maximum Gasteiger partial charge on any atom is 0.335 e. The molecule has 0 aliphatic heterocycles. The number of nitrogens with zero attached hydrogens (tertiary/aromatic N) is 3. The second kappa shape index (κ2) is 5.11. The summed E-state index contributed by atoms with van der Waals surface area (Å²) in [6, 6.07) is 4.41. The molecule has 86 valence electrons. The number of aromatic nitrogens is 3. The highest BCUT2D eigenvalue weighted by Crippen LogP contribution is 2.24. The summed E-state index contributed by atoms with van der Waals surface area (Å²) >= 11 is 6.88. The van der Waals surface area contributed by atoms with Crippen molar-refractivity contribution in [3.63, 3.8) is 0 Å². The zero-order chi connectivity index (χ0) is 12.3. The standard InChI is InChI=1S/C10H6ClN3O2S/c11-7-4-6(9(15)16)5-8(14-7)17-10-12-2-1-3-13-10/h1-5H,(H,15,16). The number of rotatable bonds is 3. The van der Waals surface area contributed by atoms with E-state index in [-0.39, 0.29) is 10.7 Å². The van der Waals surface area contributed by atoms with E-state index < -0.39 is 5.97 Å². The third-order valence-electron chi connectivity index (χ3n) is 1.76. The van der Waals surface area contributed by atoms with E-state index in [1.165, 1.54) is 12.1 Å². The Bertz CT molecular complexity index is 551. The van der Waals surface area contributed by atoms with Gasteiger partial charge in [-0.05, 0) is 30.0 Å². The molecular weight excluding hydrogens is 262 g/mol. The van der Waals surface area contributed by atoms with Crippen LogP contribution in [0.4, 0.5) is 0 Å². The number of pyridine rings is 1. The van der Waals surface area contributed by atoms with Gasteiger partial charge in [0.2, 0.25) is 0 Å². The van der Waals surface area contributed by atoms with Crippen molar-refractivity contribution in [2.24, 2.45) is 0 Å². The Kier molecular flexibility index (Phi) is 3.55. The number of carboxylic acids is 1. The number of hydrogen-bond acceptors (Lipinski definition) is 5. The van der Waals surface area contributed by atoms with Gasteiger partial charge in [-0.15, -0.1) is 0 Å². The highest BCUT2D eigenvalue weighted by molar-refractivity contribution is 7.99. The predicted octanol–water partition coefficient (Wildman–Crippen LogP) is 2.37. The van der Waals surface area contributed by atoms with Crippen molar-refractivity contribution in [2.45, 2.75) is 10.2 Å². The lowest BCUT2D eigenvalue weighted by Gasteiger charge is -2.01. The number of carbonyl (C=O) groups is 1. The molecule has 0 radical (unpaired) electrons. The van der Waals surface area contributed by atoms with Gasteiger partial charge in [-0.2, -0.15) is 0 Å². The molecule has 0 aliphatic carbocycles. The normalized spacial score (nSPS) is 10.2. The van der Waals surface area contributed by atoms with Gasteiger partial charge in [0.1, 0.15) is 10.2 Å². The molecule has 1 N–H and O–H groups in total. The fourth-order valence-electron chi connectivity index (χ4n) is 1.08. The molecule has 0 saturated heterocycles. The SMILES string of the molecule is O=C(O)c1cc(Cl)nc(Sc2ncccn2)c1. The Morgan fingerprint density at radius 1 is 1.29 bits per heavy atom. The molecule has 0 bridgehead atoms. The van der Waals surface area contributed by atoms with E-state index in [0.717, 1.165) is 11.8 Å². The van der Waals surface area contributed by atoms with Gasteiger partial charge in [0.25, 0.3) is 0 Å². The summed E-state index contributed by atoms with van der Waals surface area (Å²) in [5, 5.41) is 9.93. The average Bonchev–Trinajstić information content (AvgIpc) is 2.29. The molecule has 0 saturated carbocycles. The van der Waals surface area contributed by atoms with Crippen molar-refractivity contribution in [3.8, 4) is 0 Å². The summed E-state index contributed by atoms with van der Waals surface area (Å²) in [4.78, 5) is 22.8. The first kappa shape index (κ1) is 11.8. The Balaban J connectivity index is 2.30. The summed E-state index contributed by atoms with van der Waals surface area (Å²) < 4.78 is 0. The van der Waals surface area contributed by atoms with Crippen molar-refractivity contribution < 1.29 is 9.90 Å². The largest absolute Gasteiger partial charge is 0.478 e. The van der Waals surface area contributed by atoms with E-state index in [1.54, 1.807) is 18.5 Å². The Morgan fingerprint density at radius 3 is 2.65 bits per heavy atom. The number of hydrogen-bond donors (Lipinski definition) is 1. The van der Waals surface area contributed by atoms with Crippen LogP contribution in [0.3, 0.4) is 0 Å². The first-order valence-electron chi connectivity index (χ1n) is 4.51. The van der Waals surface area contributed by atoms with Gasteiger partial charge in [-0.25, -0.2) is 19.7 Å². The van der Waals surface area contributed by atoms with Gasteiger partial charge < -0.3 is 5.11 Å². The van der Waals surface area contributed by atoms with E-state index >= 15 is 0 Å². The van der Waals surface area contributed by atoms with Gasteiger partial charge in [-0.3, -0.25) is 0 Å². The van der Waals surface area contributed by atoms with Crippen LogP contribution < -0.4 is 0 Å². The number of halogens is 1. The lowest BCUT2D eigenvalue weighted by atomic mass is 10.3. The van der Waals surface area contributed by atoms with Gasteiger partial charge >= 0.3 is 5.97 Å². The molecule has 0 atom stereocenters. The summed E-state index contributed by atoms with van der Waals surface area (Å²) in [5.74, 6) is -1.05. The van der Waals surface area contributed by atoms with Crippen molar-refractivity contribution in [2.75, 3.05) is 0 Å². The first-order valence-corrected chi connectivity index (χ1v) is 5.70. The molecule has 17 heavy (non-hydrogen) atoms. The maximum absolute atomic E-state index is 10.8. The Hall–Kier alpha value is -1.66. The number of carboxylic acid groups (broad SMARTS) is 1. The van der Waals surface area contributed by atoms with Crippen LogP contribution in [0.15, 0.2) is 40.8 Å². The summed E-state index contributed by atoms with van der Waals surface area (Å²) in [5.41, 5.74) is 0.0865. The minimum absolute atomic E-state index is 0.0865. The van der Waals surface area contributed by atoms with Crippen LogP contribution >= 0.6 is 23.4 Å². The summed E-state index contributed by atoms with van der Waals surface area (Å²) in [7, 11) is 0. The van der Waals surface area contributed by atoms with E-state index in [1.807, 2.05) is 0 Å².